The summed E-state index contributed by atoms with van der Waals surface area (Å²) in [7, 11) is 0. The molecule has 0 unspecified atom stereocenters. The predicted octanol–water partition coefficient (Wildman–Crippen LogP) is 3.98. The van der Waals surface area contributed by atoms with E-state index < -0.39 is 0 Å². The summed E-state index contributed by atoms with van der Waals surface area (Å²) in [6.07, 6.45) is 1.52. The van der Waals surface area contributed by atoms with E-state index in [9.17, 15) is 9.59 Å². The number of rotatable bonds is 8. The molecule has 0 aliphatic rings. The van der Waals surface area contributed by atoms with E-state index in [1.54, 1.807) is 48.5 Å². The molecule has 7 heteroatoms. The Balaban J connectivity index is 1.63. The van der Waals surface area contributed by atoms with Crippen molar-refractivity contribution in [3.8, 4) is 5.75 Å². The SMILES string of the molecule is O=C(CN(Cc1ccco1)C(=O)COc1cccc(Cl)c1)Nc1ccccc1. The number of halogens is 1. The molecule has 1 aromatic heterocycles. The molecule has 28 heavy (non-hydrogen) atoms. The number of hydrogen-bond acceptors (Lipinski definition) is 4. The third-order valence-corrected chi connectivity index (χ3v) is 4.07. The zero-order valence-corrected chi connectivity index (χ0v) is 15.8. The maximum Gasteiger partial charge on any atom is 0.261 e. The highest BCUT2D eigenvalue weighted by Gasteiger charge is 2.19. The molecule has 6 nitrogen and oxygen atoms in total. The molecule has 2 aromatic carbocycles. The number of carbonyl (C=O) groups excluding carboxylic acids is 2. The van der Waals surface area contributed by atoms with Crippen molar-refractivity contribution < 1.29 is 18.7 Å². The highest BCUT2D eigenvalue weighted by atomic mass is 35.5. The van der Waals surface area contributed by atoms with Gasteiger partial charge < -0.3 is 19.4 Å². The summed E-state index contributed by atoms with van der Waals surface area (Å²) in [5.74, 6) is 0.393. The third-order valence-electron chi connectivity index (χ3n) is 3.83. The molecule has 1 N–H and O–H groups in total. The molecule has 0 aliphatic carbocycles. The van der Waals surface area contributed by atoms with E-state index in [1.807, 2.05) is 18.2 Å². The fourth-order valence-electron chi connectivity index (χ4n) is 2.51. The summed E-state index contributed by atoms with van der Waals surface area (Å²) in [5, 5.41) is 3.28. The first-order valence-corrected chi connectivity index (χ1v) is 9.01. The van der Waals surface area contributed by atoms with Gasteiger partial charge in [-0.05, 0) is 42.5 Å². The number of amides is 2. The molecule has 3 rings (SSSR count). The largest absolute Gasteiger partial charge is 0.484 e. The number of ether oxygens (including phenoxy) is 1. The molecule has 144 valence electrons. The van der Waals surface area contributed by atoms with Crippen LogP contribution in [0.2, 0.25) is 5.02 Å². The molecule has 3 aromatic rings. The zero-order valence-electron chi connectivity index (χ0n) is 15.0. The Morgan fingerprint density at radius 2 is 1.86 bits per heavy atom. The number of nitrogens with one attached hydrogen (secondary N) is 1. The van der Waals surface area contributed by atoms with E-state index in [1.165, 1.54) is 11.2 Å². The lowest BCUT2D eigenvalue weighted by Gasteiger charge is -2.21. The van der Waals surface area contributed by atoms with Crippen molar-refractivity contribution >= 4 is 29.1 Å². The van der Waals surface area contributed by atoms with E-state index in [0.29, 0.717) is 22.2 Å². The number of furan rings is 1. The molecule has 0 atom stereocenters. The van der Waals surface area contributed by atoms with Crippen molar-refractivity contribution in [3.05, 3.63) is 83.8 Å². The Morgan fingerprint density at radius 1 is 1.04 bits per heavy atom. The topological polar surface area (TPSA) is 71.8 Å². The minimum atomic E-state index is -0.348. The van der Waals surface area contributed by atoms with Crippen LogP contribution in [0.25, 0.3) is 0 Å². The lowest BCUT2D eigenvalue weighted by molar-refractivity contribution is -0.137. The van der Waals surface area contributed by atoms with Gasteiger partial charge in [-0.2, -0.15) is 0 Å². The van der Waals surface area contributed by atoms with E-state index >= 15 is 0 Å². The normalized spacial score (nSPS) is 10.3. The lowest BCUT2D eigenvalue weighted by atomic mass is 10.3. The average Bonchev–Trinajstić information content (AvgIpc) is 3.19. The standard InChI is InChI=1S/C21H19ClN2O4/c22-16-6-4-9-18(12-16)28-15-21(26)24(13-19-10-5-11-27-19)14-20(25)23-17-7-2-1-3-8-17/h1-12H,13-15H2,(H,23,25). The molecule has 1 heterocycles. The fourth-order valence-corrected chi connectivity index (χ4v) is 2.69. The first-order valence-electron chi connectivity index (χ1n) is 8.63. The van der Waals surface area contributed by atoms with Crippen LogP contribution in [0.3, 0.4) is 0 Å². The second-order valence-electron chi connectivity index (χ2n) is 5.99. The Hall–Kier alpha value is -3.25. The van der Waals surface area contributed by atoms with Crippen molar-refractivity contribution in [2.75, 3.05) is 18.5 Å². The first kappa shape index (κ1) is 19.5. The minimum absolute atomic E-state index is 0.132. The number of nitrogens with zero attached hydrogens (tertiary/aromatic N) is 1. The van der Waals surface area contributed by atoms with Gasteiger partial charge in [0.25, 0.3) is 5.91 Å². The first-order chi connectivity index (χ1) is 13.6. The van der Waals surface area contributed by atoms with Gasteiger partial charge in [-0.3, -0.25) is 9.59 Å². The van der Waals surface area contributed by atoms with Gasteiger partial charge in [-0.1, -0.05) is 35.9 Å². The van der Waals surface area contributed by atoms with E-state index in [-0.39, 0.29) is 31.5 Å². The maximum absolute atomic E-state index is 12.7. The summed E-state index contributed by atoms with van der Waals surface area (Å²) >= 11 is 5.92. The van der Waals surface area contributed by atoms with Gasteiger partial charge >= 0.3 is 0 Å². The molecule has 2 amide bonds. The summed E-state index contributed by atoms with van der Waals surface area (Å²) in [4.78, 5) is 26.4. The summed E-state index contributed by atoms with van der Waals surface area (Å²) in [6.45, 7) is -0.194. The van der Waals surface area contributed by atoms with Crippen LogP contribution in [0.5, 0.6) is 5.75 Å². The van der Waals surface area contributed by atoms with Crippen molar-refractivity contribution in [2.24, 2.45) is 0 Å². The van der Waals surface area contributed by atoms with E-state index in [4.69, 9.17) is 20.8 Å². The Bertz CT molecular complexity index is 913. The molecule has 0 aliphatic heterocycles. The van der Waals surface area contributed by atoms with Crippen LogP contribution in [0.4, 0.5) is 5.69 Å². The predicted molar refractivity (Wildman–Crippen MR) is 106 cm³/mol. The second kappa shape index (κ2) is 9.62. The number of para-hydroxylation sites is 1. The van der Waals surface area contributed by atoms with Crippen LogP contribution in [-0.2, 0) is 16.1 Å². The molecule has 0 spiro atoms. The van der Waals surface area contributed by atoms with E-state index in [2.05, 4.69) is 5.32 Å². The Morgan fingerprint density at radius 3 is 2.57 bits per heavy atom. The van der Waals surface area contributed by atoms with Gasteiger partial charge in [0.1, 0.15) is 18.1 Å². The summed E-state index contributed by atoms with van der Waals surface area (Å²) in [5.41, 5.74) is 0.660. The average molecular weight is 399 g/mol. The van der Waals surface area contributed by atoms with Crippen molar-refractivity contribution in [1.29, 1.82) is 0 Å². The van der Waals surface area contributed by atoms with Crippen LogP contribution in [0.1, 0.15) is 5.76 Å². The van der Waals surface area contributed by atoms with Crippen LogP contribution in [0.15, 0.2) is 77.4 Å². The van der Waals surface area contributed by atoms with Crippen molar-refractivity contribution in [2.45, 2.75) is 6.54 Å². The smallest absolute Gasteiger partial charge is 0.261 e. The Kier molecular flexibility index (Phi) is 6.70. The molecule has 0 bridgehead atoms. The highest BCUT2D eigenvalue weighted by Crippen LogP contribution is 2.17. The maximum atomic E-state index is 12.7. The van der Waals surface area contributed by atoms with Gasteiger partial charge in [0.2, 0.25) is 5.91 Å². The molecular formula is C21H19ClN2O4. The quantitative estimate of drug-likeness (QED) is 0.623. The third kappa shape index (κ3) is 5.89. The number of benzene rings is 2. The second-order valence-corrected chi connectivity index (χ2v) is 6.43. The van der Waals surface area contributed by atoms with E-state index in [0.717, 1.165) is 0 Å². The van der Waals surface area contributed by atoms with Gasteiger partial charge in [-0.25, -0.2) is 0 Å². The number of carbonyl (C=O) groups is 2. The monoisotopic (exact) mass is 398 g/mol. The van der Waals surface area contributed by atoms with Gasteiger partial charge in [-0.15, -0.1) is 0 Å². The molecular weight excluding hydrogens is 380 g/mol. The fraction of sp³-hybridized carbons (Fsp3) is 0.143. The van der Waals surface area contributed by atoms with Crippen LogP contribution in [0, 0.1) is 0 Å². The minimum Gasteiger partial charge on any atom is -0.484 e. The van der Waals surface area contributed by atoms with Crippen molar-refractivity contribution in [3.63, 3.8) is 0 Å². The van der Waals surface area contributed by atoms with Gasteiger partial charge in [0, 0.05) is 10.7 Å². The van der Waals surface area contributed by atoms with Crippen LogP contribution < -0.4 is 10.1 Å². The summed E-state index contributed by atoms with van der Waals surface area (Å²) in [6, 6.07) is 19.3. The van der Waals surface area contributed by atoms with Crippen LogP contribution >= 0.6 is 11.6 Å². The summed E-state index contributed by atoms with van der Waals surface area (Å²) < 4.78 is 10.8. The Labute approximate surface area is 167 Å². The highest BCUT2D eigenvalue weighted by molar-refractivity contribution is 6.30. The molecule has 0 radical (unpaired) electrons. The number of anilines is 1. The lowest BCUT2D eigenvalue weighted by Crippen LogP contribution is -2.40. The molecule has 0 saturated carbocycles. The van der Waals surface area contributed by atoms with Gasteiger partial charge in [0.05, 0.1) is 12.8 Å². The molecule has 0 fully saturated rings. The van der Waals surface area contributed by atoms with Gasteiger partial charge in [0.15, 0.2) is 6.61 Å². The zero-order chi connectivity index (χ0) is 19.8. The van der Waals surface area contributed by atoms with Crippen molar-refractivity contribution in [1.82, 2.24) is 4.90 Å². The number of hydrogen-bond donors (Lipinski definition) is 1. The molecule has 0 saturated heterocycles. The van der Waals surface area contributed by atoms with Crippen LogP contribution in [-0.4, -0.2) is 29.9 Å².